The number of carbonyl (C=O) groups excluding carboxylic acids is 2. The number of methoxy groups -OCH3 is 1. The topological polar surface area (TPSA) is 101 Å². The van der Waals surface area contributed by atoms with Gasteiger partial charge < -0.3 is 15.0 Å². The molecule has 0 saturated heterocycles. The normalized spacial score (nSPS) is 12.7. The molecule has 0 saturated carbocycles. The zero-order chi connectivity index (χ0) is 20.4. The number of amides is 1. The van der Waals surface area contributed by atoms with E-state index in [-0.39, 0.29) is 17.9 Å². The molecule has 8 heteroatoms. The number of benzene rings is 1. The van der Waals surface area contributed by atoms with Crippen LogP contribution in [0, 0.1) is 0 Å². The highest BCUT2D eigenvalue weighted by Gasteiger charge is 2.21. The van der Waals surface area contributed by atoms with Crippen LogP contribution in [0.5, 0.6) is 0 Å². The lowest BCUT2D eigenvalue weighted by Crippen LogP contribution is -2.23. The van der Waals surface area contributed by atoms with E-state index in [1.807, 2.05) is 0 Å². The first-order valence-corrected chi connectivity index (χ1v) is 10.3. The molecule has 2 heterocycles. The van der Waals surface area contributed by atoms with Crippen LogP contribution in [0.25, 0.3) is 10.2 Å². The van der Waals surface area contributed by atoms with Crippen LogP contribution >= 0.6 is 11.3 Å². The summed E-state index contributed by atoms with van der Waals surface area (Å²) in [6.07, 6.45) is 3.68. The van der Waals surface area contributed by atoms with Gasteiger partial charge in [0, 0.05) is 24.3 Å². The standard InChI is InChI=1S/C21H21N3O4S/c1-28-21(27)13-7-5-12(6-8-13)11-22-17(25)10-9-16-23-19(26)18-14-3-2-4-15(14)29-20(18)24-16/h5-8H,2-4,9-11H2,1H3,(H,22,25)(H,23,24,26). The van der Waals surface area contributed by atoms with Gasteiger partial charge in [-0.2, -0.15) is 0 Å². The minimum atomic E-state index is -0.394. The summed E-state index contributed by atoms with van der Waals surface area (Å²) >= 11 is 1.60. The minimum Gasteiger partial charge on any atom is -0.465 e. The van der Waals surface area contributed by atoms with E-state index in [4.69, 9.17) is 0 Å². The molecule has 0 unspecified atom stereocenters. The number of ether oxygens (including phenoxy) is 1. The molecule has 0 atom stereocenters. The highest BCUT2D eigenvalue weighted by atomic mass is 32.1. The Morgan fingerprint density at radius 2 is 2.03 bits per heavy atom. The molecule has 0 bridgehead atoms. The fourth-order valence-electron chi connectivity index (χ4n) is 3.56. The fourth-order valence-corrected chi connectivity index (χ4v) is 4.84. The Morgan fingerprint density at radius 1 is 1.24 bits per heavy atom. The summed E-state index contributed by atoms with van der Waals surface area (Å²) in [6, 6.07) is 6.87. The van der Waals surface area contributed by atoms with Crippen molar-refractivity contribution in [1.82, 2.24) is 15.3 Å². The van der Waals surface area contributed by atoms with E-state index in [0.29, 0.717) is 24.4 Å². The van der Waals surface area contributed by atoms with Crippen molar-refractivity contribution in [2.75, 3.05) is 7.11 Å². The first-order valence-electron chi connectivity index (χ1n) is 9.52. The van der Waals surface area contributed by atoms with Crippen LogP contribution in [0.3, 0.4) is 0 Å². The van der Waals surface area contributed by atoms with Crippen molar-refractivity contribution < 1.29 is 14.3 Å². The maximum Gasteiger partial charge on any atom is 0.337 e. The van der Waals surface area contributed by atoms with Gasteiger partial charge in [0.15, 0.2) is 0 Å². The number of carbonyl (C=O) groups is 2. The average Bonchev–Trinajstić information content (AvgIpc) is 3.31. The molecule has 150 valence electrons. The van der Waals surface area contributed by atoms with Gasteiger partial charge in [-0.05, 0) is 42.5 Å². The lowest BCUT2D eigenvalue weighted by molar-refractivity contribution is -0.121. The maximum atomic E-state index is 12.5. The number of esters is 1. The number of fused-ring (bicyclic) bond motifs is 3. The van der Waals surface area contributed by atoms with E-state index < -0.39 is 5.97 Å². The second-order valence-corrected chi connectivity index (χ2v) is 8.10. The number of nitrogens with one attached hydrogen (secondary N) is 2. The molecule has 0 radical (unpaired) electrons. The van der Waals surface area contributed by atoms with Crippen molar-refractivity contribution in [3.05, 3.63) is 62.0 Å². The summed E-state index contributed by atoms with van der Waals surface area (Å²) in [4.78, 5) is 45.5. The highest BCUT2D eigenvalue weighted by molar-refractivity contribution is 7.18. The summed E-state index contributed by atoms with van der Waals surface area (Å²) in [5.74, 6) is 0.0217. The van der Waals surface area contributed by atoms with Crippen LogP contribution in [-0.4, -0.2) is 29.0 Å². The third-order valence-electron chi connectivity index (χ3n) is 5.08. The van der Waals surface area contributed by atoms with Gasteiger partial charge in [0.25, 0.3) is 5.56 Å². The fraction of sp³-hybridized carbons (Fsp3) is 0.333. The Kier molecular flexibility index (Phi) is 5.44. The van der Waals surface area contributed by atoms with Gasteiger partial charge in [0.05, 0.1) is 18.1 Å². The van der Waals surface area contributed by atoms with Gasteiger partial charge >= 0.3 is 5.97 Å². The molecule has 3 aromatic rings. The van der Waals surface area contributed by atoms with Crippen molar-refractivity contribution in [3.8, 4) is 0 Å². The van der Waals surface area contributed by atoms with Crippen molar-refractivity contribution in [1.29, 1.82) is 0 Å². The zero-order valence-electron chi connectivity index (χ0n) is 16.0. The van der Waals surface area contributed by atoms with Gasteiger partial charge in [0.2, 0.25) is 5.91 Å². The van der Waals surface area contributed by atoms with E-state index in [1.165, 1.54) is 12.0 Å². The summed E-state index contributed by atoms with van der Waals surface area (Å²) in [7, 11) is 1.33. The summed E-state index contributed by atoms with van der Waals surface area (Å²) in [5.41, 5.74) is 2.40. The van der Waals surface area contributed by atoms with E-state index in [0.717, 1.165) is 40.6 Å². The summed E-state index contributed by atoms with van der Waals surface area (Å²) < 4.78 is 4.66. The monoisotopic (exact) mass is 411 g/mol. The number of hydrogen-bond acceptors (Lipinski definition) is 6. The molecule has 2 N–H and O–H groups in total. The Labute approximate surface area is 171 Å². The van der Waals surface area contributed by atoms with Gasteiger partial charge in [-0.1, -0.05) is 12.1 Å². The maximum absolute atomic E-state index is 12.5. The Bertz CT molecular complexity index is 1130. The molecule has 0 fully saturated rings. The number of aromatic nitrogens is 2. The van der Waals surface area contributed by atoms with E-state index in [2.05, 4.69) is 20.0 Å². The lowest BCUT2D eigenvalue weighted by Gasteiger charge is -2.06. The second-order valence-electron chi connectivity index (χ2n) is 7.02. The van der Waals surface area contributed by atoms with E-state index in [9.17, 15) is 14.4 Å². The summed E-state index contributed by atoms with van der Waals surface area (Å²) in [5, 5.41) is 3.57. The molecule has 1 aromatic carbocycles. The molecule has 0 aliphatic heterocycles. The first-order chi connectivity index (χ1) is 14.0. The zero-order valence-corrected chi connectivity index (χ0v) is 16.9. The molecule has 1 aliphatic carbocycles. The van der Waals surface area contributed by atoms with Crippen LogP contribution in [-0.2, 0) is 35.3 Å². The molecular formula is C21H21N3O4S. The van der Waals surface area contributed by atoms with Crippen molar-refractivity contribution in [2.24, 2.45) is 0 Å². The molecular weight excluding hydrogens is 390 g/mol. The number of aromatic amines is 1. The third kappa shape index (κ3) is 4.07. The molecule has 29 heavy (non-hydrogen) atoms. The van der Waals surface area contributed by atoms with Crippen molar-refractivity contribution in [3.63, 3.8) is 0 Å². The number of H-pyrrole nitrogens is 1. The molecule has 2 aromatic heterocycles. The van der Waals surface area contributed by atoms with Crippen molar-refractivity contribution in [2.45, 2.75) is 38.6 Å². The largest absolute Gasteiger partial charge is 0.465 e. The van der Waals surface area contributed by atoms with E-state index in [1.54, 1.807) is 35.6 Å². The average molecular weight is 411 g/mol. The molecule has 4 rings (SSSR count). The number of thiophene rings is 1. The predicted molar refractivity (Wildman–Crippen MR) is 110 cm³/mol. The number of aryl methyl sites for hydroxylation is 3. The quantitative estimate of drug-likeness (QED) is 0.607. The predicted octanol–water partition coefficient (Wildman–Crippen LogP) is 2.51. The molecule has 1 aliphatic rings. The SMILES string of the molecule is COC(=O)c1ccc(CNC(=O)CCc2nc3sc4c(c3c(=O)[nH]2)CCC4)cc1. The lowest BCUT2D eigenvalue weighted by atomic mass is 10.1. The van der Waals surface area contributed by atoms with Gasteiger partial charge in [-0.3, -0.25) is 9.59 Å². The first kappa shape index (κ1) is 19.3. The molecule has 0 spiro atoms. The van der Waals surface area contributed by atoms with E-state index >= 15 is 0 Å². The highest BCUT2D eigenvalue weighted by Crippen LogP contribution is 2.34. The minimum absolute atomic E-state index is 0.101. The summed E-state index contributed by atoms with van der Waals surface area (Å²) in [6.45, 7) is 0.362. The Balaban J connectivity index is 1.34. The second kappa shape index (κ2) is 8.16. The van der Waals surface area contributed by atoms with Crippen LogP contribution in [0.2, 0.25) is 0 Å². The smallest absolute Gasteiger partial charge is 0.337 e. The number of nitrogens with zero attached hydrogens (tertiary/aromatic N) is 1. The Morgan fingerprint density at radius 3 is 2.79 bits per heavy atom. The number of rotatable bonds is 6. The van der Waals surface area contributed by atoms with Gasteiger partial charge in [0.1, 0.15) is 10.7 Å². The third-order valence-corrected chi connectivity index (χ3v) is 6.26. The van der Waals surface area contributed by atoms with Crippen LogP contribution in [0.1, 0.15) is 45.0 Å². The Hall–Kier alpha value is -3.00. The van der Waals surface area contributed by atoms with Crippen LogP contribution in [0.15, 0.2) is 29.1 Å². The molecule has 7 nitrogen and oxygen atoms in total. The van der Waals surface area contributed by atoms with Gasteiger partial charge in [-0.15, -0.1) is 11.3 Å². The van der Waals surface area contributed by atoms with Crippen LogP contribution < -0.4 is 10.9 Å². The molecule has 1 amide bonds. The van der Waals surface area contributed by atoms with Gasteiger partial charge in [-0.25, -0.2) is 9.78 Å². The number of hydrogen-bond donors (Lipinski definition) is 2. The van der Waals surface area contributed by atoms with Crippen molar-refractivity contribution >= 4 is 33.4 Å². The van der Waals surface area contributed by atoms with Crippen LogP contribution in [0.4, 0.5) is 0 Å².